The molecule has 0 saturated heterocycles. The summed E-state index contributed by atoms with van der Waals surface area (Å²) >= 11 is 5.77. The lowest BCUT2D eigenvalue weighted by atomic mass is 10.1. The molecule has 0 spiro atoms. The quantitative estimate of drug-likeness (QED) is 0.622. The van der Waals surface area contributed by atoms with Crippen LogP contribution in [0.1, 0.15) is 5.56 Å². The van der Waals surface area contributed by atoms with Crippen LogP contribution in [-0.4, -0.2) is 4.98 Å². The normalized spacial score (nSPS) is 10.1. The van der Waals surface area contributed by atoms with E-state index in [1.54, 1.807) is 6.07 Å². The third kappa shape index (κ3) is 1.21. The van der Waals surface area contributed by atoms with Gasteiger partial charge in [-0.2, -0.15) is 5.26 Å². The highest BCUT2D eigenvalue weighted by atomic mass is 35.5. The Morgan fingerprint density at radius 1 is 1.43 bits per heavy atom. The average Bonchev–Trinajstić information content (AvgIpc) is 2.20. The Balaban J connectivity index is 3.01. The van der Waals surface area contributed by atoms with Crippen LogP contribution in [0, 0.1) is 17.1 Å². The van der Waals surface area contributed by atoms with Crippen LogP contribution < -0.4 is 0 Å². The molecule has 0 fully saturated rings. The molecule has 0 bridgehead atoms. The molecular formula is C10H4ClFN2. The van der Waals surface area contributed by atoms with Gasteiger partial charge >= 0.3 is 0 Å². The zero-order chi connectivity index (χ0) is 10.1. The number of nitriles is 1. The number of pyridine rings is 1. The smallest absolute Gasteiger partial charge is 0.137 e. The summed E-state index contributed by atoms with van der Waals surface area (Å²) in [5.74, 6) is -0.455. The van der Waals surface area contributed by atoms with Gasteiger partial charge < -0.3 is 0 Å². The fraction of sp³-hybridized carbons (Fsp3) is 0. The molecule has 4 heteroatoms. The molecule has 0 radical (unpaired) electrons. The van der Waals surface area contributed by atoms with E-state index in [1.807, 2.05) is 6.07 Å². The van der Waals surface area contributed by atoms with Gasteiger partial charge in [0.2, 0.25) is 0 Å². The number of halogens is 2. The zero-order valence-corrected chi connectivity index (χ0v) is 7.72. The van der Waals surface area contributed by atoms with Crippen molar-refractivity contribution >= 4 is 22.4 Å². The van der Waals surface area contributed by atoms with Crippen LogP contribution in [0.3, 0.4) is 0 Å². The highest BCUT2D eigenvalue weighted by molar-refractivity contribution is 6.34. The summed E-state index contributed by atoms with van der Waals surface area (Å²) < 4.78 is 13.4. The lowest BCUT2D eigenvalue weighted by molar-refractivity contribution is 0.639. The minimum absolute atomic E-state index is 0.197. The number of nitrogens with zero attached hydrogens (tertiary/aromatic N) is 2. The first-order chi connectivity index (χ1) is 6.74. The number of hydrogen-bond acceptors (Lipinski definition) is 2. The largest absolute Gasteiger partial charge is 0.243 e. The Hall–Kier alpha value is -1.66. The van der Waals surface area contributed by atoms with Crippen LogP contribution in [0.2, 0.25) is 5.15 Å². The second kappa shape index (κ2) is 3.24. The Morgan fingerprint density at radius 2 is 2.21 bits per heavy atom. The molecule has 2 rings (SSSR count). The van der Waals surface area contributed by atoms with Crippen LogP contribution in [-0.2, 0) is 0 Å². The van der Waals surface area contributed by atoms with Crippen LogP contribution in [0.5, 0.6) is 0 Å². The first-order valence-corrected chi connectivity index (χ1v) is 4.24. The van der Waals surface area contributed by atoms with Crippen molar-refractivity contribution in [1.29, 1.82) is 5.26 Å². The second-order valence-corrected chi connectivity index (χ2v) is 3.09. The highest BCUT2D eigenvalue weighted by Crippen LogP contribution is 2.25. The van der Waals surface area contributed by atoms with Crippen molar-refractivity contribution in [3.63, 3.8) is 0 Å². The number of benzene rings is 1. The van der Waals surface area contributed by atoms with E-state index in [1.165, 1.54) is 18.3 Å². The number of fused-ring (bicyclic) bond motifs is 1. The van der Waals surface area contributed by atoms with Gasteiger partial charge in [-0.1, -0.05) is 23.7 Å². The molecule has 1 heterocycles. The molecule has 2 nitrogen and oxygen atoms in total. The van der Waals surface area contributed by atoms with Gasteiger partial charge in [-0.25, -0.2) is 9.37 Å². The number of aromatic nitrogens is 1. The second-order valence-electron chi connectivity index (χ2n) is 2.74. The molecule has 68 valence electrons. The molecule has 14 heavy (non-hydrogen) atoms. The van der Waals surface area contributed by atoms with E-state index in [0.717, 1.165) is 0 Å². The average molecular weight is 207 g/mol. The summed E-state index contributed by atoms with van der Waals surface area (Å²) in [5.41, 5.74) is 0.197. The Kier molecular flexibility index (Phi) is 2.06. The standard InChI is InChI=1S/C10H4ClFN2/c11-10-7-2-1-3-8(12)9(7)6(4-13)5-14-10/h1-3,5H. The van der Waals surface area contributed by atoms with Crippen LogP contribution in [0.15, 0.2) is 24.4 Å². The van der Waals surface area contributed by atoms with Gasteiger partial charge in [0.15, 0.2) is 0 Å². The van der Waals surface area contributed by atoms with Crippen molar-refractivity contribution in [3.05, 3.63) is 40.9 Å². The van der Waals surface area contributed by atoms with Gasteiger partial charge in [-0.15, -0.1) is 0 Å². The summed E-state index contributed by atoms with van der Waals surface area (Å²) in [6, 6.07) is 6.34. The molecule has 0 saturated carbocycles. The van der Waals surface area contributed by atoms with Crippen molar-refractivity contribution in [2.45, 2.75) is 0 Å². The van der Waals surface area contributed by atoms with Gasteiger partial charge in [-0.3, -0.25) is 0 Å². The lowest BCUT2D eigenvalue weighted by Crippen LogP contribution is -1.88. The summed E-state index contributed by atoms with van der Waals surface area (Å²) in [7, 11) is 0. The molecule has 1 aromatic carbocycles. The van der Waals surface area contributed by atoms with Crippen LogP contribution in [0.25, 0.3) is 10.8 Å². The predicted molar refractivity (Wildman–Crippen MR) is 51.4 cm³/mol. The summed E-state index contributed by atoms with van der Waals surface area (Å²) in [4.78, 5) is 3.80. The topological polar surface area (TPSA) is 36.7 Å². The van der Waals surface area contributed by atoms with E-state index < -0.39 is 5.82 Å². The molecule has 0 N–H and O–H groups in total. The van der Waals surface area contributed by atoms with Gasteiger partial charge in [0.1, 0.15) is 17.0 Å². The minimum Gasteiger partial charge on any atom is -0.243 e. The molecule has 2 aromatic rings. The van der Waals surface area contributed by atoms with Gasteiger partial charge in [0, 0.05) is 17.0 Å². The van der Waals surface area contributed by atoms with Crippen molar-refractivity contribution in [1.82, 2.24) is 4.98 Å². The molecular weight excluding hydrogens is 203 g/mol. The van der Waals surface area contributed by atoms with E-state index in [9.17, 15) is 4.39 Å². The fourth-order valence-corrected chi connectivity index (χ4v) is 1.52. The molecule has 0 aliphatic carbocycles. The molecule has 0 aliphatic rings. The van der Waals surface area contributed by atoms with Crippen molar-refractivity contribution in [2.75, 3.05) is 0 Å². The maximum atomic E-state index is 13.4. The first-order valence-electron chi connectivity index (χ1n) is 3.87. The van der Waals surface area contributed by atoms with E-state index in [2.05, 4.69) is 4.98 Å². The number of hydrogen-bond donors (Lipinski definition) is 0. The Bertz CT molecular complexity index is 546. The van der Waals surface area contributed by atoms with Crippen molar-refractivity contribution in [2.24, 2.45) is 0 Å². The predicted octanol–water partition coefficient (Wildman–Crippen LogP) is 2.90. The van der Waals surface area contributed by atoms with Gasteiger partial charge in [0.25, 0.3) is 0 Å². The summed E-state index contributed by atoms with van der Waals surface area (Å²) in [6.45, 7) is 0. The third-order valence-corrected chi connectivity index (χ3v) is 2.23. The number of rotatable bonds is 0. The Labute approximate surface area is 84.6 Å². The maximum Gasteiger partial charge on any atom is 0.137 e. The minimum atomic E-state index is -0.455. The van der Waals surface area contributed by atoms with Crippen LogP contribution >= 0.6 is 11.6 Å². The maximum absolute atomic E-state index is 13.4. The van der Waals surface area contributed by atoms with E-state index in [4.69, 9.17) is 16.9 Å². The molecule has 0 atom stereocenters. The van der Waals surface area contributed by atoms with E-state index in [-0.39, 0.29) is 16.1 Å². The SMILES string of the molecule is N#Cc1cnc(Cl)c2cccc(F)c12. The molecule has 0 unspecified atom stereocenters. The first kappa shape index (κ1) is 8.92. The van der Waals surface area contributed by atoms with Crippen molar-refractivity contribution in [3.8, 4) is 6.07 Å². The fourth-order valence-electron chi connectivity index (χ4n) is 1.31. The van der Waals surface area contributed by atoms with E-state index in [0.29, 0.717) is 5.39 Å². The van der Waals surface area contributed by atoms with E-state index >= 15 is 0 Å². The van der Waals surface area contributed by atoms with Gasteiger partial charge in [0.05, 0.1) is 5.56 Å². The molecule has 1 aromatic heterocycles. The monoisotopic (exact) mass is 206 g/mol. The summed E-state index contributed by atoms with van der Waals surface area (Å²) in [5, 5.41) is 9.65. The molecule has 0 aliphatic heterocycles. The third-order valence-electron chi connectivity index (χ3n) is 1.93. The lowest BCUT2D eigenvalue weighted by Gasteiger charge is -2.01. The molecule has 0 amide bonds. The summed E-state index contributed by atoms with van der Waals surface area (Å²) in [6.07, 6.45) is 1.27. The van der Waals surface area contributed by atoms with Gasteiger partial charge in [-0.05, 0) is 6.07 Å². The Morgan fingerprint density at radius 3 is 2.93 bits per heavy atom. The highest BCUT2D eigenvalue weighted by Gasteiger charge is 2.09. The zero-order valence-electron chi connectivity index (χ0n) is 6.96. The van der Waals surface area contributed by atoms with Crippen LogP contribution in [0.4, 0.5) is 4.39 Å². The van der Waals surface area contributed by atoms with Crippen molar-refractivity contribution < 1.29 is 4.39 Å².